The fourth-order valence-electron chi connectivity index (χ4n) is 1.64. The monoisotopic (exact) mass is 270 g/mol. The molecule has 1 N–H and O–H groups in total. The summed E-state index contributed by atoms with van der Waals surface area (Å²) in [4.78, 5) is 13.2. The number of hydrogen-bond donors (Lipinski definition) is 1. The molecule has 106 valence electrons. The zero-order valence-corrected chi connectivity index (χ0v) is 11.5. The normalized spacial score (nSPS) is 13.1. The zero-order chi connectivity index (χ0) is 14.5. The van der Waals surface area contributed by atoms with Crippen LogP contribution in [0.15, 0.2) is 30.3 Å². The van der Waals surface area contributed by atoms with Crippen LogP contribution < -0.4 is 5.32 Å². The van der Waals surface area contributed by atoms with Gasteiger partial charge in [-0.15, -0.1) is 0 Å². The molecule has 3 nitrogen and oxygen atoms in total. The highest BCUT2D eigenvalue weighted by molar-refractivity contribution is 5.81. The lowest BCUT2D eigenvalue weighted by atomic mass is 10.1. The Hall–Kier alpha value is -1.49. The van der Waals surface area contributed by atoms with Crippen molar-refractivity contribution in [3.63, 3.8) is 0 Å². The Morgan fingerprint density at radius 3 is 2.47 bits per heavy atom. The topological polar surface area (TPSA) is 32.3 Å². The second-order valence-corrected chi connectivity index (χ2v) is 4.53. The molecule has 0 bridgehead atoms. The molecule has 1 unspecified atom stereocenters. The summed E-state index contributed by atoms with van der Waals surface area (Å²) >= 11 is 0. The fraction of sp³-hybridized carbons (Fsp3) is 0.500. The second-order valence-electron chi connectivity index (χ2n) is 4.53. The van der Waals surface area contributed by atoms with Gasteiger partial charge in [0.2, 0.25) is 5.91 Å². The van der Waals surface area contributed by atoms with Crippen LogP contribution in [0, 0.1) is 0 Å². The molecular weight excluding hydrogens is 250 g/mol. The molecule has 0 radical (unpaired) electrons. The van der Waals surface area contributed by atoms with Crippen molar-refractivity contribution in [1.29, 1.82) is 0 Å². The molecule has 19 heavy (non-hydrogen) atoms. The molecule has 0 heterocycles. The van der Waals surface area contributed by atoms with E-state index >= 15 is 0 Å². The molecule has 0 fully saturated rings. The lowest BCUT2D eigenvalue weighted by Gasteiger charge is -2.23. The van der Waals surface area contributed by atoms with Gasteiger partial charge in [0.05, 0.1) is 12.6 Å². The summed E-state index contributed by atoms with van der Waals surface area (Å²) in [5.74, 6) is -3.17. The Balaban J connectivity index is 2.59. The highest BCUT2D eigenvalue weighted by Gasteiger charge is 2.32. The average molecular weight is 270 g/mol. The van der Waals surface area contributed by atoms with E-state index in [0.29, 0.717) is 6.54 Å². The smallest absolute Gasteiger partial charge is 0.285 e. The number of carbonyl (C=O) groups excluding carboxylic acids is 1. The highest BCUT2D eigenvalue weighted by Crippen LogP contribution is 2.26. The Bertz CT molecular complexity index is 409. The van der Waals surface area contributed by atoms with E-state index in [0.717, 1.165) is 0 Å². The summed E-state index contributed by atoms with van der Waals surface area (Å²) in [7, 11) is 1.65. The van der Waals surface area contributed by atoms with Gasteiger partial charge in [-0.2, -0.15) is 8.78 Å². The Labute approximate surface area is 112 Å². The van der Waals surface area contributed by atoms with Crippen LogP contribution in [-0.2, 0) is 10.7 Å². The number of nitrogens with one attached hydrogen (secondary N) is 1. The molecule has 0 aliphatic rings. The molecule has 1 amide bonds. The van der Waals surface area contributed by atoms with Gasteiger partial charge in [0, 0.05) is 19.2 Å². The number of alkyl halides is 2. The van der Waals surface area contributed by atoms with Crippen LogP contribution in [0.5, 0.6) is 0 Å². The maximum Gasteiger partial charge on any atom is 0.285 e. The molecule has 0 aromatic heterocycles. The molecule has 1 aromatic carbocycles. The van der Waals surface area contributed by atoms with E-state index in [1.54, 1.807) is 32.2 Å². The predicted octanol–water partition coefficient (Wildman–Crippen LogP) is 2.23. The summed E-state index contributed by atoms with van der Waals surface area (Å²) in [6.45, 7) is 3.43. The van der Waals surface area contributed by atoms with Gasteiger partial charge in [-0.3, -0.25) is 4.79 Å². The van der Waals surface area contributed by atoms with Crippen molar-refractivity contribution >= 4 is 5.91 Å². The van der Waals surface area contributed by atoms with Crippen LogP contribution >= 0.6 is 0 Å². The standard InChI is InChI=1S/C14H20F2N2O/c1-4-18(3)13(19)11(2)17-10-14(15,16)12-8-6-5-7-9-12/h5-9,11,17H,4,10H2,1-3H3. The number of halogens is 2. The van der Waals surface area contributed by atoms with Crippen molar-refractivity contribution in [2.75, 3.05) is 20.1 Å². The number of carbonyl (C=O) groups is 1. The molecular formula is C14H20F2N2O. The van der Waals surface area contributed by atoms with Crippen molar-refractivity contribution in [2.24, 2.45) is 0 Å². The zero-order valence-electron chi connectivity index (χ0n) is 11.5. The molecule has 1 atom stereocenters. The summed E-state index contributed by atoms with van der Waals surface area (Å²) < 4.78 is 27.8. The van der Waals surface area contributed by atoms with Crippen molar-refractivity contribution in [2.45, 2.75) is 25.8 Å². The number of nitrogens with zero attached hydrogens (tertiary/aromatic N) is 1. The third-order valence-corrected chi connectivity index (χ3v) is 3.05. The van der Waals surface area contributed by atoms with E-state index in [1.807, 2.05) is 6.92 Å². The maximum absolute atomic E-state index is 13.9. The number of likely N-dealkylation sites (N-methyl/N-ethyl adjacent to an activating group) is 1. The average Bonchev–Trinajstić information content (AvgIpc) is 2.44. The van der Waals surface area contributed by atoms with E-state index < -0.39 is 18.5 Å². The van der Waals surface area contributed by atoms with Gasteiger partial charge in [-0.25, -0.2) is 0 Å². The summed E-state index contributed by atoms with van der Waals surface area (Å²) in [5, 5.41) is 2.60. The van der Waals surface area contributed by atoms with Gasteiger partial charge in [0.1, 0.15) is 0 Å². The first-order chi connectivity index (χ1) is 8.88. The number of amides is 1. The quantitative estimate of drug-likeness (QED) is 0.859. The maximum atomic E-state index is 13.9. The lowest BCUT2D eigenvalue weighted by molar-refractivity contribution is -0.131. The van der Waals surface area contributed by atoms with Crippen molar-refractivity contribution < 1.29 is 13.6 Å². The third kappa shape index (κ3) is 4.28. The summed E-state index contributed by atoms with van der Waals surface area (Å²) in [6.07, 6.45) is 0. The summed E-state index contributed by atoms with van der Waals surface area (Å²) in [5.41, 5.74) is -0.0500. The van der Waals surface area contributed by atoms with Gasteiger partial charge in [0.25, 0.3) is 5.92 Å². The molecule has 0 aliphatic carbocycles. The van der Waals surface area contributed by atoms with Gasteiger partial charge < -0.3 is 10.2 Å². The predicted molar refractivity (Wildman–Crippen MR) is 71.1 cm³/mol. The van der Waals surface area contributed by atoms with Gasteiger partial charge in [-0.1, -0.05) is 30.3 Å². The second kappa shape index (κ2) is 6.61. The number of rotatable bonds is 6. The Kier molecular flexibility index (Phi) is 5.42. The van der Waals surface area contributed by atoms with Crippen LogP contribution in [0.3, 0.4) is 0 Å². The van der Waals surface area contributed by atoms with Crippen LogP contribution in [0.4, 0.5) is 8.78 Å². The number of benzene rings is 1. The van der Waals surface area contributed by atoms with E-state index in [2.05, 4.69) is 5.32 Å². The SMILES string of the molecule is CCN(C)C(=O)C(C)NCC(F)(F)c1ccccc1. The molecule has 0 spiro atoms. The molecule has 5 heteroatoms. The van der Waals surface area contributed by atoms with E-state index in [4.69, 9.17) is 0 Å². The number of hydrogen-bond acceptors (Lipinski definition) is 2. The largest absolute Gasteiger partial charge is 0.345 e. The minimum atomic E-state index is -2.99. The van der Waals surface area contributed by atoms with Crippen molar-refractivity contribution in [1.82, 2.24) is 10.2 Å². The molecule has 1 rings (SSSR count). The van der Waals surface area contributed by atoms with Gasteiger partial charge in [-0.05, 0) is 13.8 Å². The Morgan fingerprint density at radius 2 is 1.95 bits per heavy atom. The van der Waals surface area contributed by atoms with Crippen LogP contribution in [0.2, 0.25) is 0 Å². The lowest BCUT2D eigenvalue weighted by Crippen LogP contribution is -2.46. The first-order valence-electron chi connectivity index (χ1n) is 6.30. The minimum Gasteiger partial charge on any atom is -0.345 e. The van der Waals surface area contributed by atoms with Gasteiger partial charge >= 0.3 is 0 Å². The van der Waals surface area contributed by atoms with Crippen molar-refractivity contribution in [3.05, 3.63) is 35.9 Å². The highest BCUT2D eigenvalue weighted by atomic mass is 19.3. The first kappa shape index (κ1) is 15.6. The van der Waals surface area contributed by atoms with Gasteiger partial charge in [0.15, 0.2) is 0 Å². The fourth-order valence-corrected chi connectivity index (χ4v) is 1.64. The minimum absolute atomic E-state index is 0.0500. The van der Waals surface area contributed by atoms with E-state index in [9.17, 15) is 13.6 Å². The van der Waals surface area contributed by atoms with Crippen molar-refractivity contribution in [3.8, 4) is 0 Å². The van der Waals surface area contributed by atoms with E-state index in [1.165, 1.54) is 17.0 Å². The Morgan fingerprint density at radius 1 is 1.37 bits per heavy atom. The van der Waals surface area contributed by atoms with Crippen LogP contribution in [0.1, 0.15) is 19.4 Å². The molecule has 0 saturated heterocycles. The third-order valence-electron chi connectivity index (χ3n) is 3.05. The molecule has 0 aliphatic heterocycles. The van der Waals surface area contributed by atoms with Crippen LogP contribution in [0.25, 0.3) is 0 Å². The molecule has 0 saturated carbocycles. The van der Waals surface area contributed by atoms with Crippen LogP contribution in [-0.4, -0.2) is 37.0 Å². The summed E-state index contributed by atoms with van der Waals surface area (Å²) in [6, 6.07) is 6.97. The first-order valence-corrected chi connectivity index (χ1v) is 6.30. The molecule has 1 aromatic rings. The van der Waals surface area contributed by atoms with E-state index in [-0.39, 0.29) is 11.5 Å².